The van der Waals surface area contributed by atoms with Crippen LogP contribution >= 0.6 is 23.2 Å². The van der Waals surface area contributed by atoms with E-state index < -0.39 is 0 Å². The Morgan fingerprint density at radius 1 is 1.55 bits per heavy atom. The number of nitrogens with zero attached hydrogens (tertiary/aromatic N) is 1. The first-order valence-corrected chi connectivity index (χ1v) is 4.15. The largest absolute Gasteiger partial charge is 0.384 e. The summed E-state index contributed by atoms with van der Waals surface area (Å²) in [5.41, 5.74) is 0.950. The second kappa shape index (κ2) is 4.42. The minimum atomic E-state index is 0.490. The predicted octanol–water partition coefficient (Wildman–Crippen LogP) is 2.39. The monoisotopic (exact) mass is 190 g/mol. The van der Waals surface area contributed by atoms with E-state index in [1.165, 1.54) is 0 Å². The van der Waals surface area contributed by atoms with Crippen molar-refractivity contribution in [2.75, 3.05) is 17.7 Å². The molecule has 0 saturated carbocycles. The first-order chi connectivity index (χ1) is 5.33. The van der Waals surface area contributed by atoms with Gasteiger partial charge in [-0.25, -0.2) is 4.98 Å². The van der Waals surface area contributed by atoms with E-state index in [-0.39, 0.29) is 0 Å². The minimum absolute atomic E-state index is 0.490. The molecule has 0 spiro atoms. The zero-order valence-corrected chi connectivity index (χ0v) is 7.36. The third kappa shape index (κ3) is 2.95. The molecule has 11 heavy (non-hydrogen) atoms. The lowest BCUT2D eigenvalue weighted by Gasteiger charge is -2.02. The summed E-state index contributed by atoms with van der Waals surface area (Å²) in [6, 6.07) is 3.60. The molecule has 0 bridgehead atoms. The zero-order chi connectivity index (χ0) is 8.10. The molecule has 0 aliphatic rings. The smallest absolute Gasteiger partial charge is 0.131 e. The molecule has 0 fully saturated rings. The standard InChI is InChI=1S/C7H8Cl2N2/c8-2-4-10-6-1-3-11-7(9)5-6/h1,3,5H,2,4H2,(H,10,11). The number of hydrogen-bond acceptors (Lipinski definition) is 2. The summed E-state index contributed by atoms with van der Waals surface area (Å²) >= 11 is 11.1. The number of rotatable bonds is 3. The summed E-state index contributed by atoms with van der Waals surface area (Å²) in [5.74, 6) is 0.583. The van der Waals surface area contributed by atoms with Gasteiger partial charge >= 0.3 is 0 Å². The van der Waals surface area contributed by atoms with Gasteiger partial charge < -0.3 is 5.32 Å². The molecule has 60 valence electrons. The number of pyridine rings is 1. The van der Waals surface area contributed by atoms with Gasteiger partial charge in [0.2, 0.25) is 0 Å². The van der Waals surface area contributed by atoms with Crippen LogP contribution in [0.25, 0.3) is 0 Å². The van der Waals surface area contributed by atoms with Gasteiger partial charge in [0.25, 0.3) is 0 Å². The molecular formula is C7H8Cl2N2. The van der Waals surface area contributed by atoms with E-state index in [1.54, 1.807) is 12.3 Å². The Morgan fingerprint density at radius 3 is 3.00 bits per heavy atom. The molecule has 1 aromatic rings. The third-order valence-corrected chi connectivity index (χ3v) is 1.55. The summed E-state index contributed by atoms with van der Waals surface area (Å²) in [6.45, 7) is 0.738. The maximum Gasteiger partial charge on any atom is 0.131 e. The third-order valence-electron chi connectivity index (χ3n) is 1.15. The fraction of sp³-hybridized carbons (Fsp3) is 0.286. The molecule has 0 atom stereocenters. The number of anilines is 1. The Balaban J connectivity index is 2.56. The number of nitrogens with one attached hydrogen (secondary N) is 1. The summed E-state index contributed by atoms with van der Waals surface area (Å²) in [7, 11) is 0. The number of aromatic nitrogens is 1. The van der Waals surface area contributed by atoms with E-state index in [4.69, 9.17) is 23.2 Å². The number of hydrogen-bond donors (Lipinski definition) is 1. The Labute approximate surface area is 75.5 Å². The van der Waals surface area contributed by atoms with Crippen molar-refractivity contribution in [1.29, 1.82) is 0 Å². The topological polar surface area (TPSA) is 24.9 Å². The molecule has 0 aliphatic carbocycles. The molecule has 1 heterocycles. The highest BCUT2D eigenvalue weighted by Gasteiger charge is 1.91. The fourth-order valence-electron chi connectivity index (χ4n) is 0.704. The van der Waals surface area contributed by atoms with Crippen molar-refractivity contribution in [1.82, 2.24) is 4.98 Å². The van der Waals surface area contributed by atoms with Crippen molar-refractivity contribution in [2.45, 2.75) is 0 Å². The van der Waals surface area contributed by atoms with Crippen LogP contribution in [-0.4, -0.2) is 17.4 Å². The molecule has 1 N–H and O–H groups in total. The fourth-order valence-corrected chi connectivity index (χ4v) is 0.972. The Morgan fingerprint density at radius 2 is 2.36 bits per heavy atom. The maximum absolute atomic E-state index is 5.64. The molecule has 1 rings (SSSR count). The normalized spacial score (nSPS) is 9.64. The van der Waals surface area contributed by atoms with Gasteiger partial charge in [0.15, 0.2) is 0 Å². The molecule has 4 heteroatoms. The van der Waals surface area contributed by atoms with Crippen LogP contribution in [0.1, 0.15) is 0 Å². The first-order valence-electron chi connectivity index (χ1n) is 3.24. The summed E-state index contributed by atoms with van der Waals surface area (Å²) < 4.78 is 0. The molecule has 2 nitrogen and oxygen atoms in total. The van der Waals surface area contributed by atoms with E-state index in [9.17, 15) is 0 Å². The van der Waals surface area contributed by atoms with Gasteiger partial charge in [-0.1, -0.05) is 11.6 Å². The lowest BCUT2D eigenvalue weighted by Crippen LogP contribution is -2.01. The zero-order valence-electron chi connectivity index (χ0n) is 5.85. The van der Waals surface area contributed by atoms with Gasteiger partial charge in [0.05, 0.1) is 0 Å². The summed E-state index contributed by atoms with van der Waals surface area (Å²) in [6.07, 6.45) is 1.65. The highest BCUT2D eigenvalue weighted by Crippen LogP contribution is 2.11. The minimum Gasteiger partial charge on any atom is -0.384 e. The van der Waals surface area contributed by atoms with Crippen LogP contribution in [0.15, 0.2) is 18.3 Å². The van der Waals surface area contributed by atoms with Crippen molar-refractivity contribution in [3.8, 4) is 0 Å². The summed E-state index contributed by atoms with van der Waals surface area (Å²) in [5, 5.41) is 3.57. The van der Waals surface area contributed by atoms with Gasteiger partial charge in [-0.2, -0.15) is 0 Å². The molecule has 0 radical (unpaired) electrons. The maximum atomic E-state index is 5.64. The van der Waals surface area contributed by atoms with Crippen LogP contribution in [0.5, 0.6) is 0 Å². The molecule has 1 aromatic heterocycles. The second-order valence-corrected chi connectivity index (χ2v) is 2.75. The molecule has 0 aliphatic heterocycles. The first kappa shape index (κ1) is 8.62. The van der Waals surface area contributed by atoms with Crippen molar-refractivity contribution < 1.29 is 0 Å². The SMILES string of the molecule is ClCCNc1ccnc(Cl)c1. The van der Waals surface area contributed by atoms with Crippen LogP contribution < -0.4 is 5.32 Å². The van der Waals surface area contributed by atoms with Crippen LogP contribution in [0, 0.1) is 0 Å². The molecular weight excluding hydrogens is 183 g/mol. The van der Waals surface area contributed by atoms with Crippen molar-refractivity contribution in [3.05, 3.63) is 23.5 Å². The lowest BCUT2D eigenvalue weighted by molar-refractivity contribution is 1.21. The van der Waals surface area contributed by atoms with Crippen molar-refractivity contribution in [3.63, 3.8) is 0 Å². The molecule has 0 amide bonds. The molecule has 0 saturated heterocycles. The van der Waals surface area contributed by atoms with Gasteiger partial charge in [-0.05, 0) is 12.1 Å². The average molecular weight is 191 g/mol. The van der Waals surface area contributed by atoms with E-state index in [2.05, 4.69) is 10.3 Å². The number of alkyl halides is 1. The second-order valence-electron chi connectivity index (χ2n) is 1.98. The van der Waals surface area contributed by atoms with E-state index in [0.29, 0.717) is 11.0 Å². The van der Waals surface area contributed by atoms with Crippen molar-refractivity contribution >= 4 is 28.9 Å². The van der Waals surface area contributed by atoms with Crippen LogP contribution in [-0.2, 0) is 0 Å². The quantitative estimate of drug-likeness (QED) is 0.586. The highest BCUT2D eigenvalue weighted by molar-refractivity contribution is 6.29. The molecule has 0 aromatic carbocycles. The van der Waals surface area contributed by atoms with E-state index in [1.807, 2.05) is 6.07 Å². The van der Waals surface area contributed by atoms with Crippen LogP contribution in [0.4, 0.5) is 5.69 Å². The van der Waals surface area contributed by atoms with E-state index >= 15 is 0 Å². The Kier molecular flexibility index (Phi) is 3.46. The van der Waals surface area contributed by atoms with Gasteiger partial charge in [-0.15, -0.1) is 11.6 Å². The lowest BCUT2D eigenvalue weighted by atomic mass is 10.4. The highest BCUT2D eigenvalue weighted by atomic mass is 35.5. The Hall–Kier alpha value is -0.470. The van der Waals surface area contributed by atoms with Gasteiger partial charge in [-0.3, -0.25) is 0 Å². The average Bonchev–Trinajstić information content (AvgIpc) is 2.01. The molecule has 0 unspecified atom stereocenters. The van der Waals surface area contributed by atoms with Crippen molar-refractivity contribution in [2.24, 2.45) is 0 Å². The number of halogens is 2. The van der Waals surface area contributed by atoms with Crippen LogP contribution in [0.3, 0.4) is 0 Å². The predicted molar refractivity (Wildman–Crippen MR) is 48.5 cm³/mol. The summed E-state index contributed by atoms with van der Waals surface area (Å²) in [4.78, 5) is 3.84. The van der Waals surface area contributed by atoms with Gasteiger partial charge in [0.1, 0.15) is 5.15 Å². The Bertz CT molecular complexity index is 227. The van der Waals surface area contributed by atoms with Crippen LogP contribution in [0.2, 0.25) is 5.15 Å². The van der Waals surface area contributed by atoms with E-state index in [0.717, 1.165) is 12.2 Å². The van der Waals surface area contributed by atoms with Gasteiger partial charge in [0, 0.05) is 24.3 Å².